The van der Waals surface area contributed by atoms with Crippen LogP contribution in [0.25, 0.3) is 0 Å². The third-order valence-corrected chi connectivity index (χ3v) is 2.99. The summed E-state index contributed by atoms with van der Waals surface area (Å²) in [5, 5.41) is 12.1. The lowest BCUT2D eigenvalue weighted by molar-refractivity contribution is 0.144. The van der Waals surface area contributed by atoms with Crippen LogP contribution in [-0.2, 0) is 6.42 Å². The molecule has 0 bridgehead atoms. The number of carbonyl (C=O) groups excluding carboxylic acids is 1. The fraction of sp³-hybridized carbons (Fsp3) is 0.533. The van der Waals surface area contributed by atoms with E-state index in [1.54, 1.807) is 21.1 Å². The van der Waals surface area contributed by atoms with E-state index in [1.807, 2.05) is 19.1 Å². The van der Waals surface area contributed by atoms with Crippen LogP contribution in [-0.4, -0.2) is 49.4 Å². The second-order valence-electron chi connectivity index (χ2n) is 5.03. The number of hydrogen-bond acceptors (Lipinski definition) is 3. The minimum Gasteiger partial charge on any atom is -0.496 e. The molecule has 2 N–H and O–H groups in total. The fourth-order valence-corrected chi connectivity index (χ4v) is 2.02. The number of amides is 2. The van der Waals surface area contributed by atoms with E-state index in [2.05, 4.69) is 11.4 Å². The number of ether oxygens (including phenoxy) is 1. The average molecular weight is 280 g/mol. The topological polar surface area (TPSA) is 61.8 Å². The van der Waals surface area contributed by atoms with Crippen molar-refractivity contribution in [3.63, 3.8) is 0 Å². The first-order valence-electron chi connectivity index (χ1n) is 6.74. The van der Waals surface area contributed by atoms with Gasteiger partial charge < -0.3 is 20.1 Å². The zero-order chi connectivity index (χ0) is 15.1. The van der Waals surface area contributed by atoms with E-state index in [0.717, 1.165) is 11.3 Å². The Morgan fingerprint density at radius 2 is 2.20 bits per heavy atom. The summed E-state index contributed by atoms with van der Waals surface area (Å²) < 4.78 is 5.30. The van der Waals surface area contributed by atoms with Gasteiger partial charge >= 0.3 is 6.03 Å². The standard InChI is InChI=1S/C15H24N2O3/c1-11-5-6-14(20-4)13(9-11)7-8-16-15(19)17(3)10-12(2)18/h5-6,9,12,18H,7-8,10H2,1-4H3,(H,16,19). The number of aryl methyl sites for hydroxylation is 1. The maximum absolute atomic E-state index is 11.8. The molecule has 0 aliphatic carbocycles. The molecule has 0 aliphatic rings. The molecular formula is C15H24N2O3. The highest BCUT2D eigenvalue weighted by atomic mass is 16.5. The molecular weight excluding hydrogens is 256 g/mol. The van der Waals surface area contributed by atoms with Crippen LogP contribution >= 0.6 is 0 Å². The molecule has 5 heteroatoms. The Balaban J connectivity index is 2.48. The molecule has 112 valence electrons. The third kappa shape index (κ3) is 5.09. The highest BCUT2D eigenvalue weighted by Gasteiger charge is 2.10. The summed E-state index contributed by atoms with van der Waals surface area (Å²) in [4.78, 5) is 13.2. The molecule has 20 heavy (non-hydrogen) atoms. The second-order valence-corrected chi connectivity index (χ2v) is 5.03. The molecule has 0 fully saturated rings. The van der Waals surface area contributed by atoms with Crippen molar-refractivity contribution in [2.24, 2.45) is 0 Å². The summed E-state index contributed by atoms with van der Waals surface area (Å²) in [5.41, 5.74) is 2.24. The number of aliphatic hydroxyl groups excluding tert-OH is 1. The van der Waals surface area contributed by atoms with Gasteiger partial charge in [-0.3, -0.25) is 0 Å². The van der Waals surface area contributed by atoms with Crippen LogP contribution in [0.4, 0.5) is 4.79 Å². The van der Waals surface area contributed by atoms with Gasteiger partial charge in [-0.15, -0.1) is 0 Å². The quantitative estimate of drug-likeness (QED) is 0.831. The predicted octanol–water partition coefficient (Wildman–Crippen LogP) is 1.57. The lowest BCUT2D eigenvalue weighted by atomic mass is 10.1. The minimum atomic E-state index is -0.525. The van der Waals surface area contributed by atoms with Crippen LogP contribution in [0.2, 0.25) is 0 Å². The van der Waals surface area contributed by atoms with Gasteiger partial charge in [0.15, 0.2) is 0 Å². The minimum absolute atomic E-state index is 0.183. The van der Waals surface area contributed by atoms with Gasteiger partial charge in [0.2, 0.25) is 0 Å². The SMILES string of the molecule is COc1ccc(C)cc1CCNC(=O)N(C)CC(C)O. The number of hydrogen-bond donors (Lipinski definition) is 2. The Bertz CT molecular complexity index is 447. The number of aliphatic hydroxyl groups is 1. The molecule has 0 aliphatic heterocycles. The van der Waals surface area contributed by atoms with Crippen LogP contribution in [0.1, 0.15) is 18.1 Å². The van der Waals surface area contributed by atoms with Crippen molar-refractivity contribution in [1.29, 1.82) is 0 Å². The average Bonchev–Trinajstić information content (AvgIpc) is 2.38. The Kier molecular flexibility index (Phi) is 6.31. The molecule has 0 radical (unpaired) electrons. The zero-order valence-corrected chi connectivity index (χ0v) is 12.6. The molecule has 2 amide bonds. The van der Waals surface area contributed by atoms with Gasteiger partial charge in [-0.1, -0.05) is 17.7 Å². The lowest BCUT2D eigenvalue weighted by Gasteiger charge is -2.19. The normalized spacial score (nSPS) is 11.8. The second kappa shape index (κ2) is 7.75. The maximum atomic E-state index is 11.8. The number of benzene rings is 1. The monoisotopic (exact) mass is 280 g/mol. The van der Waals surface area contributed by atoms with Gasteiger partial charge in [-0.2, -0.15) is 0 Å². The van der Waals surface area contributed by atoms with E-state index in [0.29, 0.717) is 19.5 Å². The van der Waals surface area contributed by atoms with Crippen molar-refractivity contribution in [1.82, 2.24) is 10.2 Å². The number of likely N-dealkylation sites (N-methyl/N-ethyl adjacent to an activating group) is 1. The number of nitrogens with one attached hydrogen (secondary N) is 1. The molecule has 1 rings (SSSR count). The third-order valence-electron chi connectivity index (χ3n) is 2.99. The molecule has 0 heterocycles. The molecule has 0 saturated heterocycles. The first kappa shape index (κ1) is 16.3. The predicted molar refractivity (Wildman–Crippen MR) is 79.1 cm³/mol. The summed E-state index contributed by atoms with van der Waals surface area (Å²) in [5.74, 6) is 0.835. The van der Waals surface area contributed by atoms with Gasteiger partial charge in [0.05, 0.1) is 13.2 Å². The highest BCUT2D eigenvalue weighted by Crippen LogP contribution is 2.19. The number of urea groups is 1. The van der Waals surface area contributed by atoms with E-state index in [1.165, 1.54) is 10.5 Å². The maximum Gasteiger partial charge on any atom is 0.317 e. The number of carbonyl (C=O) groups is 1. The highest BCUT2D eigenvalue weighted by molar-refractivity contribution is 5.73. The van der Waals surface area contributed by atoms with Crippen LogP contribution in [0.15, 0.2) is 18.2 Å². The first-order chi connectivity index (χ1) is 9.43. The van der Waals surface area contributed by atoms with Crippen molar-refractivity contribution in [2.45, 2.75) is 26.4 Å². The van der Waals surface area contributed by atoms with Crippen molar-refractivity contribution >= 4 is 6.03 Å². The van der Waals surface area contributed by atoms with Crippen molar-refractivity contribution in [2.75, 3.05) is 27.2 Å². The van der Waals surface area contributed by atoms with Crippen LogP contribution in [0.3, 0.4) is 0 Å². The molecule has 1 aromatic carbocycles. The zero-order valence-electron chi connectivity index (χ0n) is 12.6. The van der Waals surface area contributed by atoms with Crippen molar-refractivity contribution < 1.29 is 14.6 Å². The molecule has 0 spiro atoms. The molecule has 5 nitrogen and oxygen atoms in total. The fourth-order valence-electron chi connectivity index (χ4n) is 2.02. The molecule has 1 unspecified atom stereocenters. The summed E-state index contributed by atoms with van der Waals surface area (Å²) in [6, 6.07) is 5.81. The molecule has 0 aromatic heterocycles. The van der Waals surface area contributed by atoms with E-state index in [4.69, 9.17) is 4.74 Å². The summed E-state index contributed by atoms with van der Waals surface area (Å²) in [6.07, 6.45) is 0.182. The van der Waals surface area contributed by atoms with Gasteiger partial charge in [0, 0.05) is 20.1 Å². The van der Waals surface area contributed by atoms with Crippen molar-refractivity contribution in [3.8, 4) is 5.75 Å². The number of methoxy groups -OCH3 is 1. The Hall–Kier alpha value is -1.75. The largest absolute Gasteiger partial charge is 0.496 e. The molecule has 1 atom stereocenters. The number of nitrogens with zero attached hydrogens (tertiary/aromatic N) is 1. The van der Waals surface area contributed by atoms with E-state index < -0.39 is 6.10 Å². The summed E-state index contributed by atoms with van der Waals surface area (Å²) in [6.45, 7) is 4.53. The van der Waals surface area contributed by atoms with E-state index in [9.17, 15) is 9.90 Å². The van der Waals surface area contributed by atoms with Crippen LogP contribution in [0, 0.1) is 6.92 Å². The van der Waals surface area contributed by atoms with Crippen LogP contribution < -0.4 is 10.1 Å². The van der Waals surface area contributed by atoms with Gasteiger partial charge in [0.1, 0.15) is 5.75 Å². The smallest absolute Gasteiger partial charge is 0.317 e. The summed E-state index contributed by atoms with van der Waals surface area (Å²) in [7, 11) is 3.30. The molecule has 1 aromatic rings. The lowest BCUT2D eigenvalue weighted by Crippen LogP contribution is -2.41. The van der Waals surface area contributed by atoms with E-state index >= 15 is 0 Å². The Labute approximate surface area is 120 Å². The van der Waals surface area contributed by atoms with Crippen molar-refractivity contribution in [3.05, 3.63) is 29.3 Å². The van der Waals surface area contributed by atoms with E-state index in [-0.39, 0.29) is 6.03 Å². The van der Waals surface area contributed by atoms with Gasteiger partial charge in [0.25, 0.3) is 0 Å². The number of rotatable bonds is 6. The Morgan fingerprint density at radius 3 is 2.80 bits per heavy atom. The first-order valence-corrected chi connectivity index (χ1v) is 6.74. The van der Waals surface area contributed by atoms with Crippen LogP contribution in [0.5, 0.6) is 5.75 Å². The van der Waals surface area contributed by atoms with Gasteiger partial charge in [-0.25, -0.2) is 4.79 Å². The Morgan fingerprint density at radius 1 is 1.50 bits per heavy atom. The molecule has 0 saturated carbocycles. The van der Waals surface area contributed by atoms with Gasteiger partial charge in [-0.05, 0) is 31.9 Å². The summed E-state index contributed by atoms with van der Waals surface area (Å²) >= 11 is 0.